The number of hydrogen-bond acceptors (Lipinski definition) is 3. The fraction of sp³-hybridized carbons (Fsp3) is 0.440. The van der Waals surface area contributed by atoms with E-state index in [1.807, 2.05) is 0 Å². The molecule has 3 unspecified atom stereocenters. The van der Waals surface area contributed by atoms with E-state index in [0.717, 1.165) is 0 Å². The van der Waals surface area contributed by atoms with Crippen molar-refractivity contribution in [2.45, 2.75) is 51.0 Å². The van der Waals surface area contributed by atoms with Gasteiger partial charge in [0.05, 0.1) is 12.1 Å². The maximum atomic E-state index is 14.0. The van der Waals surface area contributed by atoms with E-state index < -0.39 is 5.54 Å². The van der Waals surface area contributed by atoms with Gasteiger partial charge < -0.3 is 15.4 Å². The third-order valence-corrected chi connectivity index (χ3v) is 5.44. The largest absolute Gasteiger partial charge is 0.382 e. The Balaban J connectivity index is 1.93. The van der Waals surface area contributed by atoms with Gasteiger partial charge in [-0.15, -0.1) is 0 Å². The minimum absolute atomic E-state index is 0.0957. The van der Waals surface area contributed by atoms with Gasteiger partial charge in [0.25, 0.3) is 0 Å². The standard InChI is InChI=1S/C25H32F2N2O3/c1-17(19-9-5-7-11-21(19)26)13-23(30)28-15-25(3,16-32-4)29-24(31)14-18(2)20-10-6-8-12-22(20)27/h5-12,17-18H,13-16H2,1-4H3,(H,28,30)(H,29,31). The van der Waals surface area contributed by atoms with Crippen LogP contribution in [0, 0.1) is 11.6 Å². The number of halogens is 2. The Labute approximate surface area is 188 Å². The summed E-state index contributed by atoms with van der Waals surface area (Å²) in [6, 6.07) is 12.8. The van der Waals surface area contributed by atoms with Gasteiger partial charge in [0.2, 0.25) is 11.8 Å². The molecule has 2 aromatic carbocycles. The van der Waals surface area contributed by atoms with Crippen LogP contribution in [0.25, 0.3) is 0 Å². The summed E-state index contributed by atoms with van der Waals surface area (Å²) in [4.78, 5) is 25.1. The van der Waals surface area contributed by atoms with Gasteiger partial charge in [-0.05, 0) is 42.0 Å². The lowest BCUT2D eigenvalue weighted by molar-refractivity contribution is -0.125. The molecule has 2 rings (SSSR count). The fourth-order valence-corrected chi connectivity index (χ4v) is 3.73. The van der Waals surface area contributed by atoms with Crippen molar-refractivity contribution in [3.8, 4) is 0 Å². The second-order valence-corrected chi connectivity index (χ2v) is 8.57. The number of benzene rings is 2. The summed E-state index contributed by atoms with van der Waals surface area (Å²) in [6.07, 6.45) is 0.209. The van der Waals surface area contributed by atoms with E-state index in [0.29, 0.717) is 11.1 Å². The van der Waals surface area contributed by atoms with E-state index in [1.165, 1.54) is 19.2 Å². The molecular weight excluding hydrogens is 414 g/mol. The first-order valence-corrected chi connectivity index (χ1v) is 10.7. The van der Waals surface area contributed by atoms with Crippen LogP contribution in [0.5, 0.6) is 0 Å². The minimum Gasteiger partial charge on any atom is -0.382 e. The van der Waals surface area contributed by atoms with Crippen LogP contribution < -0.4 is 10.6 Å². The number of carbonyl (C=O) groups excluding carboxylic acids is 2. The van der Waals surface area contributed by atoms with Crippen molar-refractivity contribution in [2.24, 2.45) is 0 Å². The molecule has 0 spiro atoms. The molecule has 0 aliphatic rings. The van der Waals surface area contributed by atoms with Gasteiger partial charge in [-0.25, -0.2) is 8.78 Å². The van der Waals surface area contributed by atoms with E-state index in [2.05, 4.69) is 10.6 Å². The zero-order valence-corrected chi connectivity index (χ0v) is 19.1. The van der Waals surface area contributed by atoms with Crippen molar-refractivity contribution in [1.82, 2.24) is 10.6 Å². The summed E-state index contributed by atoms with van der Waals surface area (Å²) in [6.45, 7) is 5.66. The van der Waals surface area contributed by atoms with Crippen LogP contribution in [-0.4, -0.2) is 37.6 Å². The molecule has 0 aliphatic carbocycles. The first-order chi connectivity index (χ1) is 15.1. The quantitative estimate of drug-likeness (QED) is 0.541. The zero-order valence-electron chi connectivity index (χ0n) is 19.1. The van der Waals surface area contributed by atoms with Crippen LogP contribution in [0.3, 0.4) is 0 Å². The third-order valence-electron chi connectivity index (χ3n) is 5.44. The molecule has 0 fully saturated rings. The Morgan fingerprint density at radius 1 is 0.906 bits per heavy atom. The Morgan fingerprint density at radius 3 is 1.84 bits per heavy atom. The molecule has 0 aromatic heterocycles. The second kappa shape index (κ2) is 11.7. The summed E-state index contributed by atoms with van der Waals surface area (Å²) in [5, 5.41) is 5.71. The highest BCUT2D eigenvalue weighted by Crippen LogP contribution is 2.23. The predicted octanol–water partition coefficient (Wildman–Crippen LogP) is 4.29. The molecule has 2 amide bonds. The highest BCUT2D eigenvalue weighted by molar-refractivity contribution is 5.79. The smallest absolute Gasteiger partial charge is 0.221 e. The molecular formula is C25H32F2N2O3. The number of carbonyl (C=O) groups is 2. The lowest BCUT2D eigenvalue weighted by atomic mass is 9.95. The minimum atomic E-state index is -0.850. The fourth-order valence-electron chi connectivity index (χ4n) is 3.73. The molecule has 0 saturated carbocycles. The van der Waals surface area contributed by atoms with Gasteiger partial charge in [0.1, 0.15) is 11.6 Å². The second-order valence-electron chi connectivity index (χ2n) is 8.57. The molecule has 3 atom stereocenters. The molecule has 174 valence electrons. The third kappa shape index (κ3) is 7.41. The monoisotopic (exact) mass is 446 g/mol. The normalized spacial score (nSPS) is 14.8. The van der Waals surface area contributed by atoms with Gasteiger partial charge in [-0.2, -0.15) is 0 Å². The molecule has 32 heavy (non-hydrogen) atoms. The van der Waals surface area contributed by atoms with Gasteiger partial charge in [0.15, 0.2) is 0 Å². The van der Waals surface area contributed by atoms with Crippen LogP contribution in [0.15, 0.2) is 48.5 Å². The summed E-state index contributed by atoms with van der Waals surface area (Å²) in [5.74, 6) is -1.80. The van der Waals surface area contributed by atoms with Gasteiger partial charge >= 0.3 is 0 Å². The summed E-state index contributed by atoms with van der Waals surface area (Å²) in [7, 11) is 1.51. The molecule has 0 radical (unpaired) electrons. The van der Waals surface area contributed by atoms with Crippen molar-refractivity contribution in [3.05, 3.63) is 71.3 Å². The van der Waals surface area contributed by atoms with Crippen LogP contribution in [0.1, 0.15) is 56.6 Å². The Morgan fingerprint density at radius 2 is 1.38 bits per heavy atom. The van der Waals surface area contributed by atoms with Crippen molar-refractivity contribution in [2.75, 3.05) is 20.3 Å². The number of amides is 2. The highest BCUT2D eigenvalue weighted by Gasteiger charge is 2.28. The molecule has 7 heteroatoms. The zero-order chi connectivity index (χ0) is 23.7. The Hall–Kier alpha value is -2.80. The summed E-state index contributed by atoms with van der Waals surface area (Å²) >= 11 is 0. The van der Waals surface area contributed by atoms with Crippen LogP contribution in [-0.2, 0) is 14.3 Å². The van der Waals surface area contributed by atoms with Gasteiger partial charge in [0, 0.05) is 26.5 Å². The van der Waals surface area contributed by atoms with Crippen molar-refractivity contribution in [1.29, 1.82) is 0 Å². The van der Waals surface area contributed by atoms with Crippen LogP contribution in [0.4, 0.5) is 8.78 Å². The molecule has 2 N–H and O–H groups in total. The van der Waals surface area contributed by atoms with Gasteiger partial charge in [-0.1, -0.05) is 50.2 Å². The average Bonchev–Trinajstić information content (AvgIpc) is 2.73. The molecule has 0 heterocycles. The Bertz CT molecular complexity index is 922. The SMILES string of the molecule is COCC(C)(CNC(=O)CC(C)c1ccccc1F)NC(=O)CC(C)c1ccccc1F. The summed E-state index contributed by atoms with van der Waals surface area (Å²) < 4.78 is 33.2. The van der Waals surface area contributed by atoms with E-state index >= 15 is 0 Å². The van der Waals surface area contributed by atoms with Crippen molar-refractivity contribution < 1.29 is 23.1 Å². The number of rotatable bonds is 11. The maximum Gasteiger partial charge on any atom is 0.221 e. The molecule has 0 saturated heterocycles. The maximum absolute atomic E-state index is 14.0. The van der Waals surface area contributed by atoms with Gasteiger partial charge in [-0.3, -0.25) is 9.59 Å². The number of hydrogen-bond donors (Lipinski definition) is 2. The first kappa shape index (κ1) is 25.5. The van der Waals surface area contributed by atoms with E-state index in [4.69, 9.17) is 4.74 Å². The molecule has 0 aliphatic heterocycles. The van der Waals surface area contributed by atoms with E-state index in [-0.39, 0.29) is 61.3 Å². The van der Waals surface area contributed by atoms with E-state index in [9.17, 15) is 18.4 Å². The highest BCUT2D eigenvalue weighted by atomic mass is 19.1. The van der Waals surface area contributed by atoms with Crippen LogP contribution >= 0.6 is 0 Å². The average molecular weight is 447 g/mol. The molecule has 5 nitrogen and oxygen atoms in total. The number of nitrogens with one attached hydrogen (secondary N) is 2. The predicted molar refractivity (Wildman–Crippen MR) is 120 cm³/mol. The lowest BCUT2D eigenvalue weighted by Crippen LogP contribution is -2.56. The molecule has 0 bridgehead atoms. The van der Waals surface area contributed by atoms with E-state index in [1.54, 1.807) is 57.2 Å². The van der Waals surface area contributed by atoms with Crippen LogP contribution in [0.2, 0.25) is 0 Å². The Kier molecular flexibility index (Phi) is 9.32. The number of ether oxygens (including phenoxy) is 1. The molecule has 2 aromatic rings. The number of methoxy groups -OCH3 is 1. The van der Waals surface area contributed by atoms with Crippen molar-refractivity contribution in [3.63, 3.8) is 0 Å². The topological polar surface area (TPSA) is 67.4 Å². The first-order valence-electron chi connectivity index (χ1n) is 10.7. The summed E-state index contributed by atoms with van der Waals surface area (Å²) in [5.41, 5.74) is 0.113. The lowest BCUT2D eigenvalue weighted by Gasteiger charge is -2.31. The van der Waals surface area contributed by atoms with Crippen molar-refractivity contribution >= 4 is 11.8 Å².